The Balaban J connectivity index is 1.48. The number of halogens is 3. The third-order valence-electron chi connectivity index (χ3n) is 4.91. The molecule has 2 aromatic heterocycles. The van der Waals surface area contributed by atoms with Crippen LogP contribution in [0.4, 0.5) is 13.6 Å². The molecule has 10 heteroatoms. The van der Waals surface area contributed by atoms with Crippen LogP contribution >= 0.6 is 11.6 Å². The monoisotopic (exact) mass is 477 g/mol. The number of furan rings is 1. The van der Waals surface area contributed by atoms with E-state index in [4.69, 9.17) is 25.5 Å². The van der Waals surface area contributed by atoms with Crippen molar-refractivity contribution in [2.75, 3.05) is 13.1 Å². The Kier molecular flexibility index (Phi) is 6.25. The number of rotatable bonds is 4. The fourth-order valence-electron chi connectivity index (χ4n) is 3.35. The highest BCUT2D eigenvalue weighted by Crippen LogP contribution is 2.30. The summed E-state index contributed by atoms with van der Waals surface area (Å²) in [6.07, 6.45) is 2.92. The maximum absolute atomic E-state index is 14.3. The summed E-state index contributed by atoms with van der Waals surface area (Å²) in [5, 5.41) is 0.739. The molecule has 174 valence electrons. The lowest BCUT2D eigenvalue weighted by molar-refractivity contribution is 0.0270. The first-order valence-electron chi connectivity index (χ1n) is 10.3. The van der Waals surface area contributed by atoms with Gasteiger partial charge in [0.1, 0.15) is 17.8 Å². The van der Waals surface area contributed by atoms with Crippen molar-refractivity contribution in [3.05, 3.63) is 58.7 Å². The molecule has 1 aliphatic rings. The van der Waals surface area contributed by atoms with Crippen LogP contribution in [-0.4, -0.2) is 39.7 Å². The van der Waals surface area contributed by atoms with E-state index in [0.29, 0.717) is 41.3 Å². The Hall–Kier alpha value is -3.20. The second-order valence-electron chi connectivity index (χ2n) is 8.54. The molecule has 1 aromatic carbocycles. The predicted molar refractivity (Wildman–Crippen MR) is 118 cm³/mol. The Labute approximate surface area is 194 Å². The van der Waals surface area contributed by atoms with E-state index in [2.05, 4.69) is 9.97 Å². The molecule has 0 saturated carbocycles. The van der Waals surface area contributed by atoms with E-state index in [1.807, 2.05) is 0 Å². The molecule has 0 radical (unpaired) electrons. The van der Waals surface area contributed by atoms with E-state index in [1.54, 1.807) is 43.9 Å². The van der Waals surface area contributed by atoms with Crippen LogP contribution in [0.15, 0.2) is 34.9 Å². The first-order valence-corrected chi connectivity index (χ1v) is 10.7. The van der Waals surface area contributed by atoms with Crippen LogP contribution in [0.5, 0.6) is 5.88 Å². The van der Waals surface area contributed by atoms with E-state index >= 15 is 0 Å². The van der Waals surface area contributed by atoms with Crippen LogP contribution in [0.1, 0.15) is 38.6 Å². The molecule has 7 nitrogen and oxygen atoms in total. The van der Waals surface area contributed by atoms with E-state index in [1.165, 1.54) is 6.07 Å². The molecule has 0 aliphatic carbocycles. The summed E-state index contributed by atoms with van der Waals surface area (Å²) in [5.41, 5.74) is 0.904. The molecule has 1 aliphatic heterocycles. The third-order valence-corrected chi connectivity index (χ3v) is 5.24. The lowest BCUT2D eigenvalue weighted by Crippen LogP contribution is -2.39. The molecular formula is C23H22ClF2N3O4. The first kappa shape index (κ1) is 23.0. The van der Waals surface area contributed by atoms with Gasteiger partial charge in [0.15, 0.2) is 5.82 Å². The number of fused-ring (bicyclic) bond motifs is 1. The van der Waals surface area contributed by atoms with Gasteiger partial charge in [0.25, 0.3) is 11.9 Å². The summed E-state index contributed by atoms with van der Waals surface area (Å²) >= 11 is 6.07. The Morgan fingerprint density at radius 3 is 2.79 bits per heavy atom. The highest BCUT2D eigenvalue weighted by molar-refractivity contribution is 6.35. The average Bonchev–Trinajstić information content (AvgIpc) is 3.16. The SMILES string of the molecule is CC(C)(C)OC(=O)N1CC=C(c2ncc(F)c(OCc3ccc(Cl)c4cc(F)oc34)n2)CC1. The zero-order valence-electron chi connectivity index (χ0n) is 18.3. The quantitative estimate of drug-likeness (QED) is 0.475. The van der Waals surface area contributed by atoms with Gasteiger partial charge in [-0.3, -0.25) is 0 Å². The van der Waals surface area contributed by atoms with Gasteiger partial charge in [-0.25, -0.2) is 9.78 Å². The standard InChI is InChI=1S/C23H22ClF2N3O4/c1-23(2,3)33-22(30)29-8-6-13(7-9-29)20-27-11-17(25)21(28-20)31-12-14-4-5-16(24)15-10-18(26)32-19(14)15/h4-6,10-11H,7-9,12H2,1-3H3. The van der Waals surface area contributed by atoms with Gasteiger partial charge in [0.05, 0.1) is 11.2 Å². The number of carbonyl (C=O) groups is 1. The number of carbonyl (C=O) groups excluding carboxylic acids is 1. The van der Waals surface area contributed by atoms with Crippen LogP contribution < -0.4 is 4.74 Å². The van der Waals surface area contributed by atoms with E-state index in [9.17, 15) is 13.6 Å². The van der Waals surface area contributed by atoms with Crippen molar-refractivity contribution in [3.8, 4) is 5.88 Å². The largest absolute Gasteiger partial charge is 0.470 e. The second kappa shape index (κ2) is 8.97. The normalized spacial score (nSPS) is 14.4. The summed E-state index contributed by atoms with van der Waals surface area (Å²) in [7, 11) is 0. The summed E-state index contributed by atoms with van der Waals surface area (Å²) < 4.78 is 43.9. The smallest absolute Gasteiger partial charge is 0.410 e. The molecule has 0 N–H and O–H groups in total. The number of nitrogens with zero attached hydrogens (tertiary/aromatic N) is 3. The van der Waals surface area contributed by atoms with Crippen molar-refractivity contribution in [2.45, 2.75) is 39.4 Å². The Morgan fingerprint density at radius 1 is 1.30 bits per heavy atom. The molecule has 33 heavy (non-hydrogen) atoms. The van der Waals surface area contributed by atoms with E-state index < -0.39 is 23.5 Å². The lowest BCUT2D eigenvalue weighted by atomic mass is 10.1. The van der Waals surface area contributed by atoms with Gasteiger partial charge in [0, 0.05) is 30.1 Å². The molecule has 3 aromatic rings. The minimum absolute atomic E-state index is 0.112. The highest BCUT2D eigenvalue weighted by atomic mass is 35.5. The number of amides is 1. The second-order valence-corrected chi connectivity index (χ2v) is 8.95. The minimum atomic E-state index is -0.778. The molecule has 1 amide bonds. The maximum atomic E-state index is 14.3. The zero-order valence-corrected chi connectivity index (χ0v) is 19.1. The highest BCUT2D eigenvalue weighted by Gasteiger charge is 2.25. The van der Waals surface area contributed by atoms with Crippen LogP contribution in [-0.2, 0) is 11.3 Å². The summed E-state index contributed by atoms with van der Waals surface area (Å²) in [4.78, 5) is 22.1. The Morgan fingerprint density at radius 2 is 2.09 bits per heavy atom. The number of benzene rings is 1. The number of ether oxygens (including phenoxy) is 2. The molecule has 0 fully saturated rings. The van der Waals surface area contributed by atoms with Crippen molar-refractivity contribution in [1.29, 1.82) is 0 Å². The topological polar surface area (TPSA) is 77.7 Å². The van der Waals surface area contributed by atoms with Gasteiger partial charge in [-0.15, -0.1) is 0 Å². The average molecular weight is 478 g/mol. The van der Waals surface area contributed by atoms with Crippen molar-refractivity contribution in [2.24, 2.45) is 0 Å². The van der Waals surface area contributed by atoms with Gasteiger partial charge in [-0.2, -0.15) is 13.8 Å². The van der Waals surface area contributed by atoms with Gasteiger partial charge >= 0.3 is 6.09 Å². The number of aromatic nitrogens is 2. The lowest BCUT2D eigenvalue weighted by Gasteiger charge is -2.29. The molecule has 4 rings (SSSR count). The molecule has 0 saturated heterocycles. The Bertz CT molecular complexity index is 1240. The van der Waals surface area contributed by atoms with Gasteiger partial charge in [-0.1, -0.05) is 23.7 Å². The van der Waals surface area contributed by atoms with Crippen LogP contribution in [0, 0.1) is 11.8 Å². The minimum Gasteiger partial charge on any atom is -0.470 e. The van der Waals surface area contributed by atoms with Crippen LogP contribution in [0.25, 0.3) is 16.5 Å². The van der Waals surface area contributed by atoms with Gasteiger partial charge in [-0.05, 0) is 38.8 Å². The summed E-state index contributed by atoms with van der Waals surface area (Å²) in [6.45, 7) is 6.06. The van der Waals surface area contributed by atoms with E-state index in [0.717, 1.165) is 11.8 Å². The van der Waals surface area contributed by atoms with E-state index in [-0.39, 0.29) is 18.1 Å². The first-order chi connectivity index (χ1) is 15.6. The fraction of sp³-hybridized carbons (Fsp3) is 0.348. The maximum Gasteiger partial charge on any atom is 0.410 e. The van der Waals surface area contributed by atoms with Crippen LogP contribution in [0.3, 0.4) is 0 Å². The zero-order chi connectivity index (χ0) is 23.8. The van der Waals surface area contributed by atoms with Crippen molar-refractivity contribution >= 4 is 34.2 Å². The van der Waals surface area contributed by atoms with Crippen molar-refractivity contribution < 1.29 is 27.5 Å². The molecule has 3 heterocycles. The molecule has 0 bridgehead atoms. The fourth-order valence-corrected chi connectivity index (χ4v) is 3.55. The summed E-state index contributed by atoms with van der Waals surface area (Å²) in [6, 6.07) is 3.60. The van der Waals surface area contributed by atoms with Crippen LogP contribution in [0.2, 0.25) is 5.02 Å². The molecule has 0 unspecified atom stereocenters. The number of hydrogen-bond donors (Lipinski definition) is 0. The van der Waals surface area contributed by atoms with Gasteiger partial charge in [0.2, 0.25) is 5.82 Å². The predicted octanol–water partition coefficient (Wildman–Crippen LogP) is 5.76. The number of hydrogen-bond acceptors (Lipinski definition) is 6. The van der Waals surface area contributed by atoms with Gasteiger partial charge < -0.3 is 18.8 Å². The summed E-state index contributed by atoms with van der Waals surface area (Å²) in [5.74, 6) is -0.674. The molecule has 0 spiro atoms. The third kappa shape index (κ3) is 5.24. The molecular weight excluding hydrogens is 456 g/mol. The van der Waals surface area contributed by atoms with Crippen molar-refractivity contribution in [3.63, 3.8) is 0 Å². The van der Waals surface area contributed by atoms with Crippen molar-refractivity contribution in [1.82, 2.24) is 14.9 Å². The molecule has 0 atom stereocenters.